The van der Waals surface area contributed by atoms with E-state index in [0.29, 0.717) is 11.3 Å². The van der Waals surface area contributed by atoms with Crippen LogP contribution in [0.15, 0.2) is 24.3 Å². The van der Waals surface area contributed by atoms with Crippen molar-refractivity contribution in [2.24, 2.45) is 5.92 Å². The van der Waals surface area contributed by atoms with Crippen LogP contribution in [0.25, 0.3) is 0 Å². The number of hydrogen-bond donors (Lipinski definition) is 3. The first-order valence-electron chi connectivity index (χ1n) is 5.97. The van der Waals surface area contributed by atoms with Gasteiger partial charge < -0.3 is 10.8 Å². The van der Waals surface area contributed by atoms with Crippen molar-refractivity contribution < 1.29 is 13.5 Å². The van der Waals surface area contributed by atoms with Gasteiger partial charge in [-0.15, -0.1) is 0 Å². The van der Waals surface area contributed by atoms with Crippen LogP contribution >= 0.6 is 0 Å². The topological polar surface area (TPSA) is 92.4 Å². The molecule has 0 spiro atoms. The van der Waals surface area contributed by atoms with Gasteiger partial charge in [-0.05, 0) is 30.4 Å². The minimum absolute atomic E-state index is 0.0831. The van der Waals surface area contributed by atoms with E-state index in [2.05, 4.69) is 4.72 Å². The van der Waals surface area contributed by atoms with E-state index in [1.54, 1.807) is 24.3 Å². The predicted molar refractivity (Wildman–Crippen MR) is 70.2 cm³/mol. The molecule has 1 saturated carbocycles. The van der Waals surface area contributed by atoms with E-state index in [0.717, 1.165) is 12.8 Å². The van der Waals surface area contributed by atoms with Crippen LogP contribution in [0.2, 0.25) is 0 Å². The third kappa shape index (κ3) is 3.69. The maximum atomic E-state index is 11.8. The number of aliphatic hydroxyl groups is 1. The van der Waals surface area contributed by atoms with Gasteiger partial charge >= 0.3 is 0 Å². The number of benzene rings is 1. The summed E-state index contributed by atoms with van der Waals surface area (Å²) >= 11 is 0. The van der Waals surface area contributed by atoms with Gasteiger partial charge in [-0.1, -0.05) is 18.2 Å². The number of para-hydroxylation sites is 1. The summed E-state index contributed by atoms with van der Waals surface area (Å²) in [6, 6.07) is 6.87. The summed E-state index contributed by atoms with van der Waals surface area (Å²) in [6.45, 7) is 0.0831. The van der Waals surface area contributed by atoms with Crippen molar-refractivity contribution in [1.29, 1.82) is 0 Å². The predicted octanol–water partition coefficient (Wildman–Crippen LogP) is 0.459. The zero-order valence-electron chi connectivity index (χ0n) is 10.0. The molecule has 0 heterocycles. The van der Waals surface area contributed by atoms with Crippen molar-refractivity contribution >= 4 is 15.7 Å². The van der Waals surface area contributed by atoms with Gasteiger partial charge in [0, 0.05) is 12.2 Å². The maximum absolute atomic E-state index is 11.8. The lowest BCUT2D eigenvalue weighted by Crippen LogP contribution is -2.34. The van der Waals surface area contributed by atoms with Crippen molar-refractivity contribution in [2.45, 2.75) is 24.7 Å². The van der Waals surface area contributed by atoms with Crippen LogP contribution in [0.1, 0.15) is 18.4 Å². The van der Waals surface area contributed by atoms with Gasteiger partial charge in [0.15, 0.2) is 0 Å². The van der Waals surface area contributed by atoms with Crippen molar-refractivity contribution in [3.8, 4) is 0 Å². The number of nitrogens with two attached hydrogens (primary N) is 1. The van der Waals surface area contributed by atoms with Crippen LogP contribution in [0.3, 0.4) is 0 Å². The normalized spacial score (nSPS) is 17.6. The number of rotatable bonds is 6. The second kappa shape index (κ2) is 5.26. The van der Waals surface area contributed by atoms with E-state index in [1.807, 2.05) is 0 Å². The van der Waals surface area contributed by atoms with Crippen LogP contribution in [0.4, 0.5) is 5.69 Å². The van der Waals surface area contributed by atoms with E-state index in [4.69, 9.17) is 5.73 Å². The van der Waals surface area contributed by atoms with Crippen LogP contribution in [-0.4, -0.2) is 26.2 Å². The van der Waals surface area contributed by atoms with E-state index < -0.39 is 16.1 Å². The molecule has 1 aromatic rings. The van der Waals surface area contributed by atoms with Gasteiger partial charge in [0.25, 0.3) is 0 Å². The first-order valence-corrected chi connectivity index (χ1v) is 7.62. The average Bonchev–Trinajstić information content (AvgIpc) is 3.13. The van der Waals surface area contributed by atoms with Crippen molar-refractivity contribution in [3.05, 3.63) is 29.8 Å². The van der Waals surface area contributed by atoms with Crippen LogP contribution in [0, 0.1) is 5.92 Å². The number of nitrogen functional groups attached to an aromatic ring is 1. The highest BCUT2D eigenvalue weighted by Crippen LogP contribution is 2.32. The molecule has 0 aromatic heterocycles. The van der Waals surface area contributed by atoms with Gasteiger partial charge in [-0.3, -0.25) is 0 Å². The van der Waals surface area contributed by atoms with Crippen LogP contribution < -0.4 is 10.5 Å². The number of hydrogen-bond acceptors (Lipinski definition) is 4. The Kier molecular flexibility index (Phi) is 3.89. The molecule has 1 atom stereocenters. The highest BCUT2D eigenvalue weighted by Gasteiger charge is 2.30. The first-order chi connectivity index (χ1) is 8.48. The third-order valence-corrected chi connectivity index (χ3v) is 4.38. The molecule has 0 bridgehead atoms. The second-order valence-corrected chi connectivity index (χ2v) is 6.52. The Morgan fingerprint density at radius 2 is 2.06 bits per heavy atom. The number of aliphatic hydroxyl groups excluding tert-OH is 1. The standard InChI is InChI=1S/C12H18N2O3S/c13-11-4-2-1-3-10(11)8-18(16,17)14-7-12(15)9-5-6-9/h1-4,9,12,14-15H,5-8,13H2. The number of sulfonamides is 1. The van der Waals surface area contributed by atoms with Crippen molar-refractivity contribution in [1.82, 2.24) is 4.72 Å². The SMILES string of the molecule is Nc1ccccc1CS(=O)(=O)NCC(O)C1CC1. The molecule has 2 rings (SSSR count). The van der Waals surface area contributed by atoms with E-state index in [9.17, 15) is 13.5 Å². The molecule has 0 saturated heterocycles. The fraction of sp³-hybridized carbons (Fsp3) is 0.500. The first kappa shape index (κ1) is 13.3. The highest BCUT2D eigenvalue weighted by molar-refractivity contribution is 7.88. The molecule has 0 radical (unpaired) electrons. The summed E-state index contributed by atoms with van der Waals surface area (Å²) in [7, 11) is -3.45. The lowest BCUT2D eigenvalue weighted by atomic mass is 10.2. The second-order valence-electron chi connectivity index (χ2n) is 4.71. The summed E-state index contributed by atoms with van der Waals surface area (Å²) in [5.74, 6) is 0.103. The molecular weight excluding hydrogens is 252 g/mol. The molecule has 1 fully saturated rings. The molecule has 100 valence electrons. The Labute approximate surface area is 107 Å². The van der Waals surface area contributed by atoms with Gasteiger partial charge in [0.05, 0.1) is 11.9 Å². The Morgan fingerprint density at radius 3 is 2.67 bits per heavy atom. The Morgan fingerprint density at radius 1 is 1.39 bits per heavy atom. The van der Waals surface area contributed by atoms with E-state index in [-0.39, 0.29) is 18.2 Å². The van der Waals surface area contributed by atoms with Gasteiger partial charge in [-0.25, -0.2) is 13.1 Å². The summed E-state index contributed by atoms with van der Waals surface area (Å²) in [4.78, 5) is 0. The smallest absolute Gasteiger partial charge is 0.215 e. The van der Waals surface area contributed by atoms with Gasteiger partial charge in [0.2, 0.25) is 10.0 Å². The number of anilines is 1. The summed E-state index contributed by atoms with van der Waals surface area (Å²) in [6.07, 6.45) is 1.39. The fourth-order valence-corrected chi connectivity index (χ4v) is 2.98. The lowest BCUT2D eigenvalue weighted by molar-refractivity contribution is 0.155. The molecule has 1 aliphatic carbocycles. The van der Waals surface area contributed by atoms with E-state index in [1.165, 1.54) is 0 Å². The van der Waals surface area contributed by atoms with Crippen LogP contribution in [-0.2, 0) is 15.8 Å². The minimum atomic E-state index is -3.45. The number of nitrogens with one attached hydrogen (secondary N) is 1. The Balaban J connectivity index is 1.92. The summed E-state index contributed by atoms with van der Waals surface area (Å²) in [5.41, 5.74) is 6.74. The molecule has 0 amide bonds. The quantitative estimate of drug-likeness (QED) is 0.655. The lowest BCUT2D eigenvalue weighted by Gasteiger charge is -2.12. The highest BCUT2D eigenvalue weighted by atomic mass is 32.2. The zero-order chi connectivity index (χ0) is 13.2. The van der Waals surface area contributed by atoms with Crippen LogP contribution in [0.5, 0.6) is 0 Å². The average molecular weight is 270 g/mol. The largest absolute Gasteiger partial charge is 0.398 e. The zero-order valence-corrected chi connectivity index (χ0v) is 10.9. The molecule has 6 heteroatoms. The Hall–Kier alpha value is -1.11. The summed E-state index contributed by atoms with van der Waals surface area (Å²) < 4.78 is 26.1. The Bertz CT molecular complexity index is 512. The molecule has 4 N–H and O–H groups in total. The fourth-order valence-electron chi connectivity index (χ4n) is 1.78. The third-order valence-electron chi connectivity index (χ3n) is 3.08. The molecule has 1 aromatic carbocycles. The molecule has 1 aliphatic rings. The molecule has 1 unspecified atom stereocenters. The van der Waals surface area contributed by atoms with Crippen molar-refractivity contribution in [3.63, 3.8) is 0 Å². The van der Waals surface area contributed by atoms with Gasteiger partial charge in [0.1, 0.15) is 0 Å². The monoisotopic (exact) mass is 270 g/mol. The minimum Gasteiger partial charge on any atom is -0.398 e. The maximum Gasteiger partial charge on any atom is 0.215 e. The van der Waals surface area contributed by atoms with E-state index >= 15 is 0 Å². The molecule has 0 aliphatic heterocycles. The molecule has 5 nitrogen and oxygen atoms in total. The van der Waals surface area contributed by atoms with Gasteiger partial charge in [-0.2, -0.15) is 0 Å². The molecule has 18 heavy (non-hydrogen) atoms. The van der Waals surface area contributed by atoms with Crippen molar-refractivity contribution in [2.75, 3.05) is 12.3 Å². The molecular formula is C12H18N2O3S. The summed E-state index contributed by atoms with van der Waals surface area (Å²) in [5, 5.41) is 9.62.